The molecule has 2 atom stereocenters. The van der Waals surface area contributed by atoms with Crippen molar-refractivity contribution in [2.24, 2.45) is 0 Å². The van der Waals surface area contributed by atoms with Gasteiger partial charge in [0.25, 0.3) is 0 Å². The predicted octanol–water partition coefficient (Wildman–Crippen LogP) is 2.66. The number of nitrogens with zero attached hydrogens (tertiary/aromatic N) is 1. The molecule has 1 rings (SSSR count). The maximum absolute atomic E-state index is 9.32. The van der Waals surface area contributed by atoms with Crippen LogP contribution in [0.2, 0.25) is 0 Å². The highest BCUT2D eigenvalue weighted by atomic mass is 16.3. The summed E-state index contributed by atoms with van der Waals surface area (Å²) < 4.78 is 0. The van der Waals surface area contributed by atoms with Crippen LogP contribution in [0.5, 0.6) is 0 Å². The van der Waals surface area contributed by atoms with Crippen LogP contribution in [-0.2, 0) is 0 Å². The highest BCUT2D eigenvalue weighted by Gasteiger charge is 2.11. The fourth-order valence-electron chi connectivity index (χ4n) is 2.56. The molecule has 2 unspecified atom stereocenters. The molecule has 0 aliphatic rings. The van der Waals surface area contributed by atoms with Gasteiger partial charge in [-0.1, -0.05) is 29.3 Å². The molecule has 20 heavy (non-hydrogen) atoms. The van der Waals surface area contributed by atoms with Crippen LogP contribution in [0.1, 0.15) is 42.5 Å². The van der Waals surface area contributed by atoms with Crippen LogP contribution >= 0.6 is 0 Å². The number of benzene rings is 1. The predicted molar refractivity (Wildman–Crippen MR) is 86.1 cm³/mol. The van der Waals surface area contributed by atoms with E-state index >= 15 is 0 Å². The molecule has 0 aliphatic heterocycles. The molecule has 3 nitrogen and oxygen atoms in total. The molecule has 0 spiro atoms. The van der Waals surface area contributed by atoms with Gasteiger partial charge in [-0.3, -0.25) is 0 Å². The summed E-state index contributed by atoms with van der Waals surface area (Å²) in [5, 5.41) is 12.7. The number of rotatable bonds is 8. The van der Waals surface area contributed by atoms with Crippen molar-refractivity contribution in [3.05, 3.63) is 34.9 Å². The largest absolute Gasteiger partial charge is 0.393 e. The number of hydrogen-bond donors (Lipinski definition) is 2. The zero-order chi connectivity index (χ0) is 15.1. The Hall–Kier alpha value is -0.900. The highest BCUT2D eigenvalue weighted by molar-refractivity contribution is 5.30. The molecule has 0 saturated heterocycles. The molecule has 0 aromatic heterocycles. The van der Waals surface area contributed by atoms with E-state index in [1.165, 1.54) is 16.7 Å². The average molecular weight is 278 g/mol. The molecular weight excluding hydrogens is 248 g/mol. The minimum absolute atomic E-state index is 0.211. The molecule has 0 amide bonds. The van der Waals surface area contributed by atoms with E-state index < -0.39 is 0 Å². The van der Waals surface area contributed by atoms with Crippen molar-refractivity contribution >= 4 is 0 Å². The fraction of sp³-hybridized carbons (Fsp3) is 0.647. The summed E-state index contributed by atoms with van der Waals surface area (Å²) in [6.45, 7) is 8.13. The molecule has 0 aliphatic carbocycles. The lowest BCUT2D eigenvalue weighted by Gasteiger charge is -2.23. The normalized spacial score (nSPS) is 14.6. The molecule has 2 N–H and O–H groups in total. The molecule has 0 saturated carbocycles. The van der Waals surface area contributed by atoms with E-state index in [0.717, 1.165) is 25.9 Å². The highest BCUT2D eigenvalue weighted by Crippen LogP contribution is 2.20. The maximum atomic E-state index is 9.32. The summed E-state index contributed by atoms with van der Waals surface area (Å²) in [4.78, 5) is 2.29. The monoisotopic (exact) mass is 278 g/mol. The quantitative estimate of drug-likeness (QED) is 0.767. The Labute approximate surface area is 124 Å². The molecule has 0 heterocycles. The lowest BCUT2D eigenvalue weighted by Crippen LogP contribution is -2.27. The summed E-state index contributed by atoms with van der Waals surface area (Å²) in [6.07, 6.45) is 1.71. The molecule has 1 aromatic carbocycles. The van der Waals surface area contributed by atoms with Gasteiger partial charge in [0.15, 0.2) is 0 Å². The second-order valence-electron chi connectivity index (χ2n) is 5.99. The first kappa shape index (κ1) is 17.2. The van der Waals surface area contributed by atoms with Crippen LogP contribution in [0.3, 0.4) is 0 Å². The van der Waals surface area contributed by atoms with E-state index in [1.807, 2.05) is 14.0 Å². The first-order valence-electron chi connectivity index (χ1n) is 7.54. The summed E-state index contributed by atoms with van der Waals surface area (Å²) in [5.41, 5.74) is 4.01. The van der Waals surface area contributed by atoms with Crippen LogP contribution in [0.4, 0.5) is 0 Å². The van der Waals surface area contributed by atoms with Gasteiger partial charge >= 0.3 is 0 Å². The van der Waals surface area contributed by atoms with E-state index in [0.29, 0.717) is 6.04 Å². The van der Waals surface area contributed by atoms with Crippen LogP contribution in [-0.4, -0.2) is 43.3 Å². The Morgan fingerprint density at radius 2 is 1.65 bits per heavy atom. The molecular formula is C17H30N2O. The number of aliphatic hydroxyl groups excluding tert-OH is 1. The Kier molecular flexibility index (Phi) is 7.20. The van der Waals surface area contributed by atoms with Crippen molar-refractivity contribution in [3.8, 4) is 0 Å². The number of hydrogen-bond acceptors (Lipinski definition) is 3. The van der Waals surface area contributed by atoms with Crippen LogP contribution in [0, 0.1) is 13.8 Å². The first-order chi connectivity index (χ1) is 9.42. The number of nitrogens with one attached hydrogen (secondary N) is 1. The summed E-state index contributed by atoms with van der Waals surface area (Å²) in [6, 6.07) is 7.14. The zero-order valence-corrected chi connectivity index (χ0v) is 13.6. The van der Waals surface area contributed by atoms with E-state index in [9.17, 15) is 5.11 Å². The zero-order valence-electron chi connectivity index (χ0n) is 13.6. The van der Waals surface area contributed by atoms with Gasteiger partial charge in [-0.15, -0.1) is 0 Å². The van der Waals surface area contributed by atoms with E-state index in [2.05, 4.69) is 49.3 Å². The Balaban J connectivity index is 2.54. The minimum atomic E-state index is -0.211. The minimum Gasteiger partial charge on any atom is -0.393 e. The van der Waals surface area contributed by atoms with Gasteiger partial charge < -0.3 is 15.3 Å². The summed E-state index contributed by atoms with van der Waals surface area (Å²) in [5.74, 6) is 0. The van der Waals surface area contributed by atoms with Crippen LogP contribution in [0.15, 0.2) is 18.2 Å². The molecule has 0 radical (unpaired) electrons. The third-order valence-electron chi connectivity index (χ3n) is 3.72. The van der Waals surface area contributed by atoms with Gasteiger partial charge in [0.2, 0.25) is 0 Å². The van der Waals surface area contributed by atoms with Crippen molar-refractivity contribution in [3.63, 3.8) is 0 Å². The molecule has 0 fully saturated rings. The molecule has 1 aromatic rings. The first-order valence-corrected chi connectivity index (χ1v) is 7.54. The fourth-order valence-corrected chi connectivity index (χ4v) is 2.56. The van der Waals surface area contributed by atoms with E-state index in [-0.39, 0.29) is 6.10 Å². The molecule has 114 valence electrons. The van der Waals surface area contributed by atoms with Crippen molar-refractivity contribution < 1.29 is 5.11 Å². The second kappa shape index (κ2) is 8.40. The summed E-state index contributed by atoms with van der Waals surface area (Å²) in [7, 11) is 4.15. The van der Waals surface area contributed by atoms with Gasteiger partial charge in [0.05, 0.1) is 6.10 Å². The topological polar surface area (TPSA) is 35.5 Å². The van der Waals surface area contributed by atoms with Gasteiger partial charge in [0.1, 0.15) is 0 Å². The van der Waals surface area contributed by atoms with Gasteiger partial charge in [-0.05, 0) is 59.8 Å². The molecule has 3 heteroatoms. The van der Waals surface area contributed by atoms with E-state index in [1.54, 1.807) is 0 Å². The SMILES string of the molecule is CNC(CCN(C)CCC(C)O)c1cc(C)cc(C)c1. The smallest absolute Gasteiger partial charge is 0.0524 e. The second-order valence-corrected chi connectivity index (χ2v) is 5.99. The standard InChI is InChI=1S/C17H30N2O/c1-13-10-14(2)12-16(11-13)17(18-4)7-9-19(5)8-6-15(3)20/h10-12,15,17-18,20H,6-9H2,1-5H3. The third-order valence-corrected chi connectivity index (χ3v) is 3.72. The summed E-state index contributed by atoms with van der Waals surface area (Å²) >= 11 is 0. The lowest BCUT2D eigenvalue weighted by molar-refractivity contribution is 0.163. The maximum Gasteiger partial charge on any atom is 0.0524 e. The number of aryl methyl sites for hydroxylation is 2. The van der Waals surface area contributed by atoms with E-state index in [4.69, 9.17) is 0 Å². The lowest BCUT2D eigenvalue weighted by atomic mass is 9.99. The van der Waals surface area contributed by atoms with Crippen molar-refractivity contribution in [2.45, 2.75) is 45.8 Å². The number of aliphatic hydroxyl groups is 1. The van der Waals surface area contributed by atoms with Crippen molar-refractivity contribution in [2.75, 3.05) is 27.2 Å². The average Bonchev–Trinajstić information content (AvgIpc) is 2.36. The van der Waals surface area contributed by atoms with Crippen molar-refractivity contribution in [1.29, 1.82) is 0 Å². The van der Waals surface area contributed by atoms with Gasteiger partial charge in [-0.2, -0.15) is 0 Å². The van der Waals surface area contributed by atoms with Gasteiger partial charge in [0, 0.05) is 12.6 Å². The Morgan fingerprint density at radius 3 is 2.15 bits per heavy atom. The van der Waals surface area contributed by atoms with Crippen LogP contribution in [0.25, 0.3) is 0 Å². The van der Waals surface area contributed by atoms with Gasteiger partial charge in [-0.25, -0.2) is 0 Å². The van der Waals surface area contributed by atoms with Crippen molar-refractivity contribution in [1.82, 2.24) is 10.2 Å². The Morgan fingerprint density at radius 1 is 1.10 bits per heavy atom. The molecule has 0 bridgehead atoms. The third kappa shape index (κ3) is 6.04. The Bertz CT molecular complexity index is 384. The van der Waals surface area contributed by atoms with Crippen LogP contribution < -0.4 is 5.32 Å².